The Morgan fingerprint density at radius 1 is 0.946 bits per heavy atom. The number of carboxylic acids is 1. The normalized spacial score (nSPS) is 16.7. The van der Waals surface area contributed by atoms with Crippen molar-refractivity contribution in [2.75, 3.05) is 11.9 Å². The summed E-state index contributed by atoms with van der Waals surface area (Å²) in [6.45, 7) is 6.75. The van der Waals surface area contributed by atoms with Gasteiger partial charge in [-0.3, -0.25) is 14.7 Å². The lowest BCUT2D eigenvalue weighted by molar-refractivity contribution is -0.231. The molecular formula is C39H43ClF4N8O4. The molecule has 0 saturated heterocycles. The number of nitrogens with zero attached hydrogens (tertiary/aromatic N) is 3. The van der Waals surface area contributed by atoms with Crippen LogP contribution in [0.2, 0.25) is 0 Å². The highest BCUT2D eigenvalue weighted by Crippen LogP contribution is 2.42. The zero-order chi connectivity index (χ0) is 39.7. The molecule has 2 heterocycles. The van der Waals surface area contributed by atoms with Crippen LogP contribution in [0, 0.1) is 18.8 Å². The van der Waals surface area contributed by atoms with Crippen molar-refractivity contribution in [3.8, 4) is 22.5 Å². The van der Waals surface area contributed by atoms with Crippen molar-refractivity contribution in [2.45, 2.75) is 76.7 Å². The molecule has 0 spiro atoms. The molecule has 298 valence electrons. The number of amides is 2. The van der Waals surface area contributed by atoms with Crippen LogP contribution in [0.5, 0.6) is 0 Å². The number of aromatic amines is 2. The Bertz CT molecular complexity index is 2180. The number of alkyl halides is 4. The number of H-pyrrole nitrogens is 2. The Kier molecular flexibility index (Phi) is 12.5. The number of aromatic nitrogens is 5. The van der Waals surface area contributed by atoms with E-state index in [4.69, 9.17) is 15.8 Å². The van der Waals surface area contributed by atoms with E-state index >= 15 is 0 Å². The third-order valence-electron chi connectivity index (χ3n) is 10.1. The fraction of sp³-hybridized carbons (Fsp3) is 0.385. The lowest BCUT2D eigenvalue weighted by Crippen LogP contribution is -2.48. The largest absolute Gasteiger partial charge is 0.477 e. The highest BCUT2D eigenvalue weighted by molar-refractivity contribution is 5.98. The van der Waals surface area contributed by atoms with Crippen molar-refractivity contribution in [2.24, 2.45) is 17.6 Å². The summed E-state index contributed by atoms with van der Waals surface area (Å²) in [4.78, 5) is 49.5. The number of nitrogens with one attached hydrogen (secondary N) is 4. The number of imidazole rings is 1. The van der Waals surface area contributed by atoms with Crippen LogP contribution >= 0.6 is 12.4 Å². The van der Waals surface area contributed by atoms with Gasteiger partial charge in [-0.25, -0.2) is 14.8 Å². The van der Waals surface area contributed by atoms with Gasteiger partial charge in [0.1, 0.15) is 11.9 Å². The van der Waals surface area contributed by atoms with Gasteiger partial charge >= 0.3 is 17.8 Å². The van der Waals surface area contributed by atoms with Crippen LogP contribution in [0.15, 0.2) is 60.7 Å². The van der Waals surface area contributed by atoms with E-state index in [0.29, 0.717) is 25.3 Å². The number of anilines is 1. The average Bonchev–Trinajstić information content (AvgIpc) is 3.83. The third-order valence-corrected chi connectivity index (χ3v) is 10.1. The van der Waals surface area contributed by atoms with E-state index in [9.17, 15) is 31.9 Å². The van der Waals surface area contributed by atoms with Gasteiger partial charge in [0, 0.05) is 29.5 Å². The van der Waals surface area contributed by atoms with Gasteiger partial charge in [0.25, 0.3) is 0 Å². The van der Waals surface area contributed by atoms with Crippen molar-refractivity contribution in [1.82, 2.24) is 30.5 Å². The molecule has 12 nitrogen and oxygen atoms in total. The van der Waals surface area contributed by atoms with E-state index in [-0.39, 0.29) is 47.8 Å². The van der Waals surface area contributed by atoms with Crippen LogP contribution in [-0.4, -0.2) is 66.5 Å². The van der Waals surface area contributed by atoms with Gasteiger partial charge in [-0.15, -0.1) is 12.4 Å². The molecule has 1 aliphatic rings. The molecule has 7 N–H and O–H groups in total. The minimum Gasteiger partial charge on any atom is -0.477 e. The molecule has 6 rings (SSSR count). The number of hydrogen-bond donors (Lipinski definition) is 6. The molecule has 1 saturated carbocycles. The molecule has 17 heteroatoms. The highest BCUT2D eigenvalue weighted by Gasteiger charge is 2.65. The summed E-state index contributed by atoms with van der Waals surface area (Å²) < 4.78 is 55.8. The molecular weight excluding hydrogens is 756 g/mol. The van der Waals surface area contributed by atoms with Gasteiger partial charge in [0.2, 0.25) is 17.6 Å². The monoisotopic (exact) mass is 798 g/mol. The maximum atomic E-state index is 14.2. The Balaban J connectivity index is 0.00000600. The van der Waals surface area contributed by atoms with Gasteiger partial charge in [-0.2, -0.15) is 22.7 Å². The number of benzene rings is 3. The highest BCUT2D eigenvalue weighted by atomic mass is 35.5. The number of rotatable bonds is 13. The van der Waals surface area contributed by atoms with E-state index in [1.54, 1.807) is 5.10 Å². The quantitative estimate of drug-likeness (QED) is 0.0679. The molecule has 2 amide bonds. The molecule has 5 aromatic rings. The number of carbonyl (C=O) groups excluding carboxylic acids is 2. The van der Waals surface area contributed by atoms with Crippen molar-refractivity contribution in [3.05, 3.63) is 83.4 Å². The molecule has 0 radical (unpaired) electrons. The zero-order valence-electron chi connectivity index (χ0n) is 30.8. The van der Waals surface area contributed by atoms with Gasteiger partial charge in [-0.05, 0) is 104 Å². The number of nitrogens with two attached hydrogens (primary N) is 1. The number of halogens is 5. The minimum absolute atomic E-state index is 0. The van der Waals surface area contributed by atoms with E-state index in [1.807, 2.05) is 31.2 Å². The summed E-state index contributed by atoms with van der Waals surface area (Å²) in [6.07, 6.45) is 3.16. The first-order chi connectivity index (χ1) is 26.1. The van der Waals surface area contributed by atoms with Crippen LogP contribution in [-0.2, 0) is 26.7 Å². The van der Waals surface area contributed by atoms with Gasteiger partial charge in [0.05, 0.1) is 11.0 Å². The van der Waals surface area contributed by atoms with Crippen molar-refractivity contribution in [3.63, 3.8) is 0 Å². The topological polar surface area (TPSA) is 192 Å². The number of carboxylic acid groups (broad SMARTS) is 1. The molecule has 0 aliphatic heterocycles. The Morgan fingerprint density at radius 2 is 1.59 bits per heavy atom. The summed E-state index contributed by atoms with van der Waals surface area (Å²) in [5.74, 6) is -15.1. The number of hydrogen-bond acceptors (Lipinski definition) is 7. The first kappa shape index (κ1) is 41.8. The first-order valence-electron chi connectivity index (χ1n) is 18.0. The Morgan fingerprint density at radius 3 is 2.20 bits per heavy atom. The van der Waals surface area contributed by atoms with Crippen molar-refractivity contribution in [1.29, 1.82) is 0 Å². The van der Waals surface area contributed by atoms with E-state index in [2.05, 4.69) is 51.7 Å². The van der Waals surface area contributed by atoms with Gasteiger partial charge < -0.3 is 26.5 Å². The maximum absolute atomic E-state index is 14.2. The predicted molar refractivity (Wildman–Crippen MR) is 205 cm³/mol. The Hall–Kier alpha value is -5.35. The van der Waals surface area contributed by atoms with Crippen molar-refractivity contribution < 1.29 is 37.1 Å². The molecule has 1 aliphatic carbocycles. The summed E-state index contributed by atoms with van der Waals surface area (Å²) in [7, 11) is 0. The van der Waals surface area contributed by atoms with Crippen LogP contribution in [0.25, 0.3) is 33.5 Å². The average molecular weight is 799 g/mol. The Labute approximate surface area is 325 Å². The molecule has 56 heavy (non-hydrogen) atoms. The lowest BCUT2D eigenvalue weighted by Gasteiger charge is -2.28. The number of aryl methyl sites for hydroxylation is 1. The van der Waals surface area contributed by atoms with Crippen LogP contribution in [0.1, 0.15) is 68.2 Å². The molecule has 2 aromatic heterocycles. The fourth-order valence-corrected chi connectivity index (χ4v) is 6.73. The SMILES string of the molecule is Cc1cc2[nH]c(C(C)C)nc2cc1-c1ccc(C[C@H](NC(=O)C2CCC(CN)CC2)C(=O)Nc2ccc(-c3n[nH]c(C(F)(F)C(F)(F)C(=O)O)n3)cc2)cc1.Cl. The van der Waals surface area contributed by atoms with Gasteiger partial charge in [0.15, 0.2) is 5.82 Å². The molecule has 0 unspecified atom stereocenters. The lowest BCUT2D eigenvalue weighted by atomic mass is 9.81. The van der Waals surface area contributed by atoms with E-state index in [0.717, 1.165) is 52.0 Å². The second kappa shape index (κ2) is 16.8. The predicted octanol–water partition coefficient (Wildman–Crippen LogP) is 7.11. The van der Waals surface area contributed by atoms with Gasteiger partial charge in [-0.1, -0.05) is 38.1 Å². The molecule has 0 bridgehead atoms. The van der Waals surface area contributed by atoms with Crippen LogP contribution in [0.4, 0.5) is 23.2 Å². The van der Waals surface area contributed by atoms with Crippen molar-refractivity contribution >= 4 is 46.9 Å². The first-order valence-corrected chi connectivity index (χ1v) is 18.0. The fourth-order valence-electron chi connectivity index (χ4n) is 6.73. The molecule has 3 aromatic carbocycles. The van der Waals surface area contributed by atoms with E-state index < -0.39 is 41.4 Å². The maximum Gasteiger partial charge on any atom is 0.411 e. The molecule has 1 fully saturated rings. The summed E-state index contributed by atoms with van der Waals surface area (Å²) in [5, 5.41) is 19.5. The zero-order valence-corrected chi connectivity index (χ0v) is 31.7. The minimum atomic E-state index is -5.43. The number of carbonyl (C=O) groups is 3. The number of fused-ring (bicyclic) bond motifs is 1. The third kappa shape index (κ3) is 8.70. The second-order valence-electron chi connectivity index (χ2n) is 14.4. The number of aliphatic carboxylic acids is 1. The van der Waals surface area contributed by atoms with E-state index in [1.165, 1.54) is 24.3 Å². The standard InChI is InChI=1S/C39H42F4N8O4.ClH/c1-20(2)32-46-29-16-21(3)28(18-30(29)47-32)24-8-4-22(5-9-24)17-31(48-34(52)26-10-6-23(19-44)7-11-26)35(53)45-27-14-12-25(13-15-27)33-49-36(51-50-33)38(40,41)39(42,43)37(54)55;/h4-5,8-9,12-16,18,20,23,26,31H,6-7,10-11,17,19,44H2,1-3H3,(H,45,53)(H,46,47)(H,48,52)(H,54,55)(H,49,50,51);1H/t23?,26?,31-;/m0./s1. The van der Waals surface area contributed by atoms with Crippen LogP contribution in [0.3, 0.4) is 0 Å². The summed E-state index contributed by atoms with van der Waals surface area (Å²) >= 11 is 0. The van der Waals surface area contributed by atoms with Crippen LogP contribution < -0.4 is 16.4 Å². The summed E-state index contributed by atoms with van der Waals surface area (Å²) in [5.41, 5.74) is 11.9. The summed E-state index contributed by atoms with van der Waals surface area (Å²) in [6, 6.07) is 16.5. The smallest absolute Gasteiger partial charge is 0.411 e. The molecule has 1 atom stereocenters. The second-order valence-corrected chi connectivity index (χ2v) is 14.4.